The molecule has 0 fully saturated rings. The summed E-state index contributed by atoms with van der Waals surface area (Å²) in [5, 5.41) is 22.0. The Bertz CT molecular complexity index is 753. The van der Waals surface area contributed by atoms with Crippen LogP contribution in [0, 0.1) is 6.92 Å². The standard InChI is InChI=1S/C18H19NO5/c1-3-12-5-7-13(8-6-12)19-15(20)10-24-18(23)14-9-4-11(2)16(21)17(14)22/h4-9,21-22H,3,10H2,1-2H3,(H,19,20). The Labute approximate surface area is 139 Å². The van der Waals surface area contributed by atoms with Gasteiger partial charge in [0.15, 0.2) is 18.1 Å². The Morgan fingerprint density at radius 3 is 2.33 bits per heavy atom. The number of benzene rings is 2. The van der Waals surface area contributed by atoms with Crippen LogP contribution in [-0.2, 0) is 16.0 Å². The first-order valence-corrected chi connectivity index (χ1v) is 7.49. The van der Waals surface area contributed by atoms with Crippen LogP contribution in [0.3, 0.4) is 0 Å². The van der Waals surface area contributed by atoms with Crippen LogP contribution in [-0.4, -0.2) is 28.7 Å². The molecule has 126 valence electrons. The molecule has 24 heavy (non-hydrogen) atoms. The van der Waals surface area contributed by atoms with Gasteiger partial charge in [-0.1, -0.05) is 25.1 Å². The second-order valence-electron chi connectivity index (χ2n) is 5.30. The van der Waals surface area contributed by atoms with E-state index < -0.39 is 24.2 Å². The van der Waals surface area contributed by atoms with Crippen LogP contribution in [0.4, 0.5) is 5.69 Å². The SMILES string of the molecule is CCc1ccc(NC(=O)COC(=O)c2ccc(C)c(O)c2O)cc1. The van der Waals surface area contributed by atoms with Crippen LogP contribution < -0.4 is 5.32 Å². The maximum absolute atomic E-state index is 11.9. The smallest absolute Gasteiger partial charge is 0.342 e. The number of phenols is 2. The predicted molar refractivity (Wildman–Crippen MR) is 89.2 cm³/mol. The van der Waals surface area contributed by atoms with Gasteiger partial charge in [0.05, 0.1) is 0 Å². The number of aryl methyl sites for hydroxylation is 2. The van der Waals surface area contributed by atoms with E-state index in [0.29, 0.717) is 11.3 Å². The van der Waals surface area contributed by atoms with Gasteiger partial charge >= 0.3 is 5.97 Å². The predicted octanol–water partition coefficient (Wildman–Crippen LogP) is 2.76. The molecule has 0 heterocycles. The summed E-state index contributed by atoms with van der Waals surface area (Å²) in [4.78, 5) is 23.7. The van der Waals surface area contributed by atoms with Gasteiger partial charge < -0.3 is 20.3 Å². The van der Waals surface area contributed by atoms with Gasteiger partial charge in [-0.15, -0.1) is 0 Å². The number of esters is 1. The van der Waals surface area contributed by atoms with Crippen LogP contribution in [0.2, 0.25) is 0 Å². The number of ether oxygens (including phenoxy) is 1. The fraction of sp³-hybridized carbons (Fsp3) is 0.222. The lowest BCUT2D eigenvalue weighted by Crippen LogP contribution is -2.21. The molecule has 0 bridgehead atoms. The second-order valence-corrected chi connectivity index (χ2v) is 5.30. The normalized spacial score (nSPS) is 10.2. The molecule has 0 unspecified atom stereocenters. The average molecular weight is 329 g/mol. The number of amides is 1. The molecule has 6 nitrogen and oxygen atoms in total. The van der Waals surface area contributed by atoms with Gasteiger partial charge in [-0.3, -0.25) is 4.79 Å². The maximum Gasteiger partial charge on any atom is 0.342 e. The number of aromatic hydroxyl groups is 2. The highest BCUT2D eigenvalue weighted by Crippen LogP contribution is 2.32. The van der Waals surface area contributed by atoms with Crippen LogP contribution in [0.1, 0.15) is 28.4 Å². The Balaban J connectivity index is 1.93. The molecular formula is C18H19NO5. The fourth-order valence-corrected chi connectivity index (χ4v) is 2.07. The number of phenolic OH excluding ortho intramolecular Hbond substituents is 2. The summed E-state index contributed by atoms with van der Waals surface area (Å²) in [6, 6.07) is 10.1. The minimum Gasteiger partial charge on any atom is -0.504 e. The molecule has 1 amide bonds. The van der Waals surface area contributed by atoms with Crippen molar-refractivity contribution in [2.45, 2.75) is 20.3 Å². The molecule has 3 N–H and O–H groups in total. The lowest BCUT2D eigenvalue weighted by Gasteiger charge is -2.09. The first-order valence-electron chi connectivity index (χ1n) is 7.49. The average Bonchev–Trinajstić information content (AvgIpc) is 2.58. The van der Waals surface area contributed by atoms with E-state index >= 15 is 0 Å². The highest BCUT2D eigenvalue weighted by Gasteiger charge is 2.18. The van der Waals surface area contributed by atoms with Crippen molar-refractivity contribution < 1.29 is 24.5 Å². The van der Waals surface area contributed by atoms with Gasteiger partial charge in [-0.2, -0.15) is 0 Å². The third-order valence-electron chi connectivity index (χ3n) is 3.55. The number of carbonyl (C=O) groups is 2. The number of rotatable bonds is 5. The van der Waals surface area contributed by atoms with E-state index in [9.17, 15) is 19.8 Å². The Morgan fingerprint density at radius 1 is 1.04 bits per heavy atom. The van der Waals surface area contributed by atoms with E-state index in [1.54, 1.807) is 19.1 Å². The van der Waals surface area contributed by atoms with Gasteiger partial charge in [0, 0.05) is 5.69 Å². The van der Waals surface area contributed by atoms with E-state index in [-0.39, 0.29) is 11.3 Å². The van der Waals surface area contributed by atoms with Crippen molar-refractivity contribution in [2.24, 2.45) is 0 Å². The van der Waals surface area contributed by atoms with E-state index in [4.69, 9.17) is 4.74 Å². The molecule has 0 saturated heterocycles. The van der Waals surface area contributed by atoms with E-state index in [1.165, 1.54) is 12.1 Å². The summed E-state index contributed by atoms with van der Waals surface area (Å²) in [5.74, 6) is -2.33. The monoisotopic (exact) mass is 329 g/mol. The molecule has 6 heteroatoms. The molecule has 0 aliphatic heterocycles. The second kappa shape index (κ2) is 7.50. The molecular weight excluding hydrogens is 310 g/mol. The Morgan fingerprint density at radius 2 is 1.71 bits per heavy atom. The van der Waals surface area contributed by atoms with Crippen LogP contribution >= 0.6 is 0 Å². The lowest BCUT2D eigenvalue weighted by molar-refractivity contribution is -0.119. The number of anilines is 1. The van der Waals surface area contributed by atoms with Crippen LogP contribution in [0.15, 0.2) is 36.4 Å². The fourth-order valence-electron chi connectivity index (χ4n) is 2.07. The third-order valence-corrected chi connectivity index (χ3v) is 3.55. The first kappa shape index (κ1) is 17.3. The molecule has 0 aromatic heterocycles. The zero-order chi connectivity index (χ0) is 17.7. The van der Waals surface area contributed by atoms with Crippen molar-refractivity contribution in [1.29, 1.82) is 0 Å². The van der Waals surface area contributed by atoms with Crippen molar-refractivity contribution in [3.05, 3.63) is 53.1 Å². The van der Waals surface area contributed by atoms with Crippen molar-refractivity contribution in [3.8, 4) is 11.5 Å². The molecule has 0 radical (unpaired) electrons. The number of carbonyl (C=O) groups excluding carboxylic acids is 2. The summed E-state index contributed by atoms with van der Waals surface area (Å²) in [5.41, 5.74) is 1.98. The minimum absolute atomic E-state index is 0.196. The summed E-state index contributed by atoms with van der Waals surface area (Å²) >= 11 is 0. The van der Waals surface area contributed by atoms with Gasteiger partial charge in [0.1, 0.15) is 5.56 Å². The Hall–Kier alpha value is -3.02. The quantitative estimate of drug-likeness (QED) is 0.579. The zero-order valence-corrected chi connectivity index (χ0v) is 13.5. The van der Waals surface area contributed by atoms with Crippen molar-refractivity contribution in [2.75, 3.05) is 11.9 Å². The molecule has 2 aromatic carbocycles. The van der Waals surface area contributed by atoms with E-state index in [1.807, 2.05) is 19.1 Å². The molecule has 0 atom stereocenters. The van der Waals surface area contributed by atoms with E-state index in [2.05, 4.69) is 5.32 Å². The van der Waals surface area contributed by atoms with Gasteiger partial charge in [-0.25, -0.2) is 4.79 Å². The van der Waals surface area contributed by atoms with E-state index in [0.717, 1.165) is 12.0 Å². The summed E-state index contributed by atoms with van der Waals surface area (Å²) in [6.45, 7) is 3.12. The molecule has 2 aromatic rings. The largest absolute Gasteiger partial charge is 0.504 e. The zero-order valence-electron chi connectivity index (χ0n) is 13.5. The van der Waals surface area contributed by atoms with Crippen molar-refractivity contribution in [3.63, 3.8) is 0 Å². The van der Waals surface area contributed by atoms with Crippen LogP contribution in [0.5, 0.6) is 11.5 Å². The molecule has 0 aliphatic rings. The summed E-state index contributed by atoms with van der Waals surface area (Å²) < 4.78 is 4.86. The third kappa shape index (κ3) is 4.04. The van der Waals surface area contributed by atoms with Gasteiger partial charge in [0.25, 0.3) is 5.91 Å². The first-order chi connectivity index (χ1) is 11.4. The highest BCUT2D eigenvalue weighted by atomic mass is 16.5. The molecule has 2 rings (SSSR count). The highest BCUT2D eigenvalue weighted by molar-refractivity contribution is 5.97. The Kier molecular flexibility index (Phi) is 5.42. The summed E-state index contributed by atoms with van der Waals surface area (Å²) in [6.07, 6.45) is 0.902. The molecule has 0 saturated carbocycles. The number of nitrogens with one attached hydrogen (secondary N) is 1. The van der Waals surface area contributed by atoms with Gasteiger partial charge in [0.2, 0.25) is 0 Å². The van der Waals surface area contributed by atoms with Crippen molar-refractivity contribution in [1.82, 2.24) is 0 Å². The maximum atomic E-state index is 11.9. The molecule has 0 aliphatic carbocycles. The van der Waals surface area contributed by atoms with Gasteiger partial charge in [-0.05, 0) is 42.7 Å². The number of hydrogen-bond donors (Lipinski definition) is 3. The van der Waals surface area contributed by atoms with Crippen LogP contribution in [0.25, 0.3) is 0 Å². The lowest BCUT2D eigenvalue weighted by atomic mass is 10.1. The topological polar surface area (TPSA) is 95.9 Å². The van der Waals surface area contributed by atoms with Crippen molar-refractivity contribution >= 4 is 17.6 Å². The number of hydrogen-bond acceptors (Lipinski definition) is 5. The minimum atomic E-state index is -0.890. The molecule has 0 spiro atoms. The summed E-state index contributed by atoms with van der Waals surface area (Å²) in [7, 11) is 0.